The maximum atomic E-state index is 9.29. The molecule has 126 valence electrons. The predicted octanol–water partition coefficient (Wildman–Crippen LogP) is 3.62. The molecule has 1 aromatic carbocycles. The van der Waals surface area contributed by atoms with E-state index < -0.39 is 0 Å². The van der Waals surface area contributed by atoms with Gasteiger partial charge in [-0.05, 0) is 24.6 Å². The lowest BCUT2D eigenvalue weighted by Gasteiger charge is -2.07. The highest BCUT2D eigenvalue weighted by molar-refractivity contribution is 5.66. The van der Waals surface area contributed by atoms with Crippen LogP contribution in [0.3, 0.4) is 0 Å². The molecule has 2 heterocycles. The maximum absolute atomic E-state index is 9.29. The zero-order chi connectivity index (χ0) is 16.9. The minimum atomic E-state index is 0.0459. The number of nitrogens with one attached hydrogen (secondary N) is 1. The molecule has 0 fully saturated rings. The van der Waals surface area contributed by atoms with Crippen molar-refractivity contribution in [3.8, 4) is 11.3 Å². The van der Waals surface area contributed by atoms with Gasteiger partial charge < -0.3 is 14.8 Å². The number of anilines is 1. The number of aliphatic hydroxyl groups excluding tert-OH is 1. The van der Waals surface area contributed by atoms with Gasteiger partial charge in [0.1, 0.15) is 17.3 Å². The van der Waals surface area contributed by atoms with Gasteiger partial charge in [0.2, 0.25) is 0 Å². The predicted molar refractivity (Wildman–Crippen MR) is 94.9 cm³/mol. The number of hydrogen-bond donors (Lipinski definition) is 2. The normalized spacial score (nSPS) is 11.0. The molecule has 5 nitrogen and oxygen atoms in total. The quantitative estimate of drug-likeness (QED) is 0.696. The molecule has 3 aromatic rings. The van der Waals surface area contributed by atoms with Crippen molar-refractivity contribution in [2.45, 2.75) is 33.4 Å². The fourth-order valence-electron chi connectivity index (χ4n) is 2.70. The van der Waals surface area contributed by atoms with Gasteiger partial charge in [-0.15, -0.1) is 0 Å². The van der Waals surface area contributed by atoms with Crippen LogP contribution in [0.1, 0.15) is 24.0 Å². The summed E-state index contributed by atoms with van der Waals surface area (Å²) in [6.45, 7) is 5.23. The van der Waals surface area contributed by atoms with Crippen molar-refractivity contribution in [3.63, 3.8) is 0 Å². The first-order chi connectivity index (χ1) is 11.7. The van der Waals surface area contributed by atoms with Crippen molar-refractivity contribution < 1.29 is 9.52 Å². The van der Waals surface area contributed by atoms with Gasteiger partial charge in [-0.3, -0.25) is 0 Å². The molecule has 0 bridgehead atoms. The Balaban J connectivity index is 1.82. The Morgan fingerprint density at radius 3 is 2.67 bits per heavy atom. The number of aliphatic hydroxyl groups is 1. The first-order valence-electron chi connectivity index (χ1n) is 8.27. The van der Waals surface area contributed by atoms with Gasteiger partial charge in [-0.2, -0.15) is 5.10 Å². The van der Waals surface area contributed by atoms with Crippen LogP contribution < -0.4 is 5.32 Å². The Hall–Kier alpha value is -2.53. The summed E-state index contributed by atoms with van der Waals surface area (Å²) in [4.78, 5) is 0. The highest BCUT2D eigenvalue weighted by atomic mass is 16.3. The molecule has 0 unspecified atom stereocenters. The number of aromatic nitrogens is 2. The first kappa shape index (κ1) is 16.3. The number of benzene rings is 1. The Kier molecular flexibility index (Phi) is 5.01. The molecular formula is C19H23N3O2. The minimum absolute atomic E-state index is 0.0459. The van der Waals surface area contributed by atoms with Gasteiger partial charge in [0.25, 0.3) is 0 Å². The highest BCUT2D eigenvalue weighted by Crippen LogP contribution is 2.25. The molecule has 0 atom stereocenters. The molecule has 0 radical (unpaired) electrons. The summed E-state index contributed by atoms with van der Waals surface area (Å²) in [5.74, 6) is 2.74. The van der Waals surface area contributed by atoms with E-state index >= 15 is 0 Å². The number of nitrogens with zero attached hydrogens (tertiary/aromatic N) is 2. The van der Waals surface area contributed by atoms with Gasteiger partial charge in [-0.25, -0.2) is 4.68 Å². The molecular weight excluding hydrogens is 302 g/mol. The lowest BCUT2D eigenvalue weighted by Crippen LogP contribution is -2.10. The highest BCUT2D eigenvalue weighted by Gasteiger charge is 2.11. The lowest BCUT2D eigenvalue weighted by molar-refractivity contribution is 0.270. The summed E-state index contributed by atoms with van der Waals surface area (Å²) in [7, 11) is 0. The molecule has 2 aromatic heterocycles. The van der Waals surface area contributed by atoms with E-state index in [0.717, 1.165) is 35.0 Å². The Labute approximate surface area is 141 Å². The average Bonchev–Trinajstić information content (AvgIpc) is 3.20. The number of hydrogen-bond acceptors (Lipinski definition) is 4. The lowest BCUT2D eigenvalue weighted by atomic mass is 10.1. The van der Waals surface area contributed by atoms with Crippen LogP contribution in [0.15, 0.2) is 46.9 Å². The number of furan rings is 1. The van der Waals surface area contributed by atoms with E-state index in [4.69, 9.17) is 4.42 Å². The van der Waals surface area contributed by atoms with Crippen LogP contribution in [0.2, 0.25) is 0 Å². The second kappa shape index (κ2) is 7.36. The van der Waals surface area contributed by atoms with E-state index in [1.165, 1.54) is 5.56 Å². The molecule has 0 aliphatic heterocycles. The van der Waals surface area contributed by atoms with E-state index in [1.54, 1.807) is 4.68 Å². The van der Waals surface area contributed by atoms with E-state index in [9.17, 15) is 5.11 Å². The summed E-state index contributed by atoms with van der Waals surface area (Å²) in [6.07, 6.45) is 0.889. The third-order valence-corrected chi connectivity index (χ3v) is 4.02. The van der Waals surface area contributed by atoms with E-state index in [2.05, 4.69) is 36.4 Å². The molecule has 2 N–H and O–H groups in total. The van der Waals surface area contributed by atoms with Crippen LogP contribution in [0.4, 0.5) is 5.82 Å². The van der Waals surface area contributed by atoms with Gasteiger partial charge in [-0.1, -0.05) is 31.2 Å². The second-order valence-electron chi connectivity index (χ2n) is 5.75. The smallest absolute Gasteiger partial charge is 0.125 e. The molecule has 0 saturated heterocycles. The van der Waals surface area contributed by atoms with E-state index in [-0.39, 0.29) is 6.61 Å². The molecule has 3 rings (SSSR count). The fraction of sp³-hybridized carbons (Fsp3) is 0.316. The Bertz CT molecular complexity index is 805. The monoisotopic (exact) mass is 325 g/mol. The summed E-state index contributed by atoms with van der Waals surface area (Å²) < 4.78 is 7.52. The van der Waals surface area contributed by atoms with Crippen molar-refractivity contribution in [2.24, 2.45) is 0 Å². The minimum Gasteiger partial charge on any atom is -0.464 e. The van der Waals surface area contributed by atoms with E-state index in [0.29, 0.717) is 13.1 Å². The van der Waals surface area contributed by atoms with Gasteiger partial charge in [0.15, 0.2) is 0 Å². The SMILES string of the molecule is CCc1ccc(CNc2cc(-c3ccccc3C)nn2CCO)o1. The summed E-state index contributed by atoms with van der Waals surface area (Å²) in [5, 5.41) is 17.3. The Morgan fingerprint density at radius 2 is 1.96 bits per heavy atom. The van der Waals surface area contributed by atoms with Crippen LogP contribution in [0.5, 0.6) is 0 Å². The summed E-state index contributed by atoms with van der Waals surface area (Å²) in [5.41, 5.74) is 3.18. The third-order valence-electron chi connectivity index (χ3n) is 4.02. The van der Waals surface area contributed by atoms with Crippen LogP contribution in [0, 0.1) is 6.92 Å². The maximum Gasteiger partial charge on any atom is 0.125 e. The molecule has 0 aliphatic rings. The fourth-order valence-corrected chi connectivity index (χ4v) is 2.70. The van der Waals surface area contributed by atoms with Gasteiger partial charge >= 0.3 is 0 Å². The zero-order valence-corrected chi connectivity index (χ0v) is 14.1. The van der Waals surface area contributed by atoms with Crippen LogP contribution >= 0.6 is 0 Å². The van der Waals surface area contributed by atoms with Crippen LogP contribution in [0.25, 0.3) is 11.3 Å². The van der Waals surface area contributed by atoms with Gasteiger partial charge in [0, 0.05) is 18.1 Å². The van der Waals surface area contributed by atoms with Crippen molar-refractivity contribution >= 4 is 5.82 Å². The number of rotatable bonds is 7. The van der Waals surface area contributed by atoms with Crippen molar-refractivity contribution in [2.75, 3.05) is 11.9 Å². The van der Waals surface area contributed by atoms with E-state index in [1.807, 2.05) is 30.3 Å². The zero-order valence-electron chi connectivity index (χ0n) is 14.1. The van der Waals surface area contributed by atoms with Gasteiger partial charge in [0.05, 0.1) is 25.4 Å². The van der Waals surface area contributed by atoms with Crippen molar-refractivity contribution in [3.05, 3.63) is 59.5 Å². The third kappa shape index (κ3) is 3.51. The van der Waals surface area contributed by atoms with Crippen molar-refractivity contribution in [1.29, 1.82) is 0 Å². The topological polar surface area (TPSA) is 63.2 Å². The second-order valence-corrected chi connectivity index (χ2v) is 5.75. The average molecular weight is 325 g/mol. The molecule has 5 heteroatoms. The van der Waals surface area contributed by atoms with Crippen molar-refractivity contribution in [1.82, 2.24) is 9.78 Å². The first-order valence-corrected chi connectivity index (χ1v) is 8.27. The van der Waals surface area contributed by atoms with Crippen LogP contribution in [-0.2, 0) is 19.5 Å². The standard InChI is InChI=1S/C19H23N3O2/c1-3-15-8-9-16(24-15)13-20-19-12-18(21-22(19)10-11-23)17-7-5-4-6-14(17)2/h4-9,12,20,23H,3,10-11,13H2,1-2H3. The largest absolute Gasteiger partial charge is 0.464 e. The van der Waals surface area contributed by atoms with Crippen LogP contribution in [-0.4, -0.2) is 21.5 Å². The summed E-state index contributed by atoms with van der Waals surface area (Å²) in [6, 6.07) is 14.2. The molecule has 0 spiro atoms. The molecule has 0 saturated carbocycles. The Morgan fingerprint density at radius 1 is 1.17 bits per heavy atom. The molecule has 0 aliphatic carbocycles. The molecule has 24 heavy (non-hydrogen) atoms. The summed E-state index contributed by atoms with van der Waals surface area (Å²) >= 11 is 0. The number of aryl methyl sites for hydroxylation is 2. The molecule has 0 amide bonds.